The fourth-order valence-corrected chi connectivity index (χ4v) is 2.28. The molecule has 1 unspecified atom stereocenters. The summed E-state index contributed by atoms with van der Waals surface area (Å²) < 4.78 is 5.14. The highest BCUT2D eigenvalue weighted by molar-refractivity contribution is 7.99. The van der Waals surface area contributed by atoms with Crippen molar-refractivity contribution >= 4 is 11.8 Å². The van der Waals surface area contributed by atoms with Crippen molar-refractivity contribution in [2.24, 2.45) is 0 Å². The monoisotopic (exact) mass is 239 g/mol. The lowest BCUT2D eigenvalue weighted by Gasteiger charge is -2.15. The number of methoxy groups -OCH3 is 1. The largest absolute Gasteiger partial charge is 0.383 e. The van der Waals surface area contributed by atoms with E-state index in [2.05, 4.69) is 36.5 Å². The van der Waals surface area contributed by atoms with Crippen molar-refractivity contribution in [2.45, 2.75) is 24.3 Å². The van der Waals surface area contributed by atoms with Crippen LogP contribution >= 0.6 is 11.8 Å². The zero-order valence-corrected chi connectivity index (χ0v) is 10.9. The Bertz CT molecular complexity index is 266. The number of rotatable bonds is 8. The van der Waals surface area contributed by atoms with E-state index in [1.54, 1.807) is 7.11 Å². The number of thioether (sulfide) groups is 1. The van der Waals surface area contributed by atoms with Crippen LogP contribution in [0.15, 0.2) is 35.2 Å². The van der Waals surface area contributed by atoms with Gasteiger partial charge in [0.05, 0.1) is 6.61 Å². The first kappa shape index (κ1) is 13.6. The van der Waals surface area contributed by atoms with E-state index in [0.29, 0.717) is 6.04 Å². The first-order valence-corrected chi connectivity index (χ1v) is 6.75. The van der Waals surface area contributed by atoms with Crippen molar-refractivity contribution in [3.8, 4) is 0 Å². The molecule has 1 atom stereocenters. The van der Waals surface area contributed by atoms with E-state index < -0.39 is 0 Å². The SMILES string of the molecule is CCC(COC)NCCSc1ccccc1. The smallest absolute Gasteiger partial charge is 0.0615 e. The van der Waals surface area contributed by atoms with E-state index in [-0.39, 0.29) is 0 Å². The van der Waals surface area contributed by atoms with Crippen LogP contribution in [0.1, 0.15) is 13.3 Å². The van der Waals surface area contributed by atoms with Crippen molar-refractivity contribution in [3.05, 3.63) is 30.3 Å². The molecule has 0 spiro atoms. The summed E-state index contributed by atoms with van der Waals surface area (Å²) in [5, 5.41) is 3.49. The zero-order chi connectivity index (χ0) is 11.6. The molecule has 0 saturated carbocycles. The van der Waals surface area contributed by atoms with Gasteiger partial charge < -0.3 is 10.1 Å². The molecule has 16 heavy (non-hydrogen) atoms. The summed E-state index contributed by atoms with van der Waals surface area (Å²) >= 11 is 1.89. The average molecular weight is 239 g/mol. The summed E-state index contributed by atoms with van der Waals surface area (Å²) in [6, 6.07) is 11.0. The molecule has 1 N–H and O–H groups in total. The Balaban J connectivity index is 2.11. The molecular weight excluding hydrogens is 218 g/mol. The third-order valence-corrected chi connectivity index (χ3v) is 3.42. The lowest BCUT2D eigenvalue weighted by molar-refractivity contribution is 0.165. The third kappa shape index (κ3) is 5.54. The van der Waals surface area contributed by atoms with Crippen LogP contribution in [0.3, 0.4) is 0 Å². The van der Waals surface area contributed by atoms with E-state index in [1.807, 2.05) is 17.8 Å². The van der Waals surface area contributed by atoms with Gasteiger partial charge in [0.2, 0.25) is 0 Å². The van der Waals surface area contributed by atoms with Gasteiger partial charge in [-0.3, -0.25) is 0 Å². The van der Waals surface area contributed by atoms with Crippen LogP contribution in [0.25, 0.3) is 0 Å². The Morgan fingerprint density at radius 1 is 1.31 bits per heavy atom. The van der Waals surface area contributed by atoms with Crippen LogP contribution in [0.4, 0.5) is 0 Å². The summed E-state index contributed by atoms with van der Waals surface area (Å²) in [5.41, 5.74) is 0. The molecule has 2 nitrogen and oxygen atoms in total. The number of hydrogen-bond donors (Lipinski definition) is 1. The predicted molar refractivity (Wildman–Crippen MR) is 71.1 cm³/mol. The molecule has 0 aliphatic carbocycles. The predicted octanol–water partition coefficient (Wildman–Crippen LogP) is 2.79. The second-order valence-corrected chi connectivity index (χ2v) is 4.84. The van der Waals surface area contributed by atoms with Gasteiger partial charge in [0.25, 0.3) is 0 Å². The average Bonchev–Trinajstić information content (AvgIpc) is 2.34. The Labute approximate surface area is 103 Å². The van der Waals surface area contributed by atoms with Gasteiger partial charge in [0, 0.05) is 30.3 Å². The minimum absolute atomic E-state index is 0.487. The van der Waals surface area contributed by atoms with Gasteiger partial charge in [-0.15, -0.1) is 11.8 Å². The molecule has 0 fully saturated rings. The van der Waals surface area contributed by atoms with Crippen molar-refractivity contribution < 1.29 is 4.74 Å². The van der Waals surface area contributed by atoms with E-state index >= 15 is 0 Å². The van der Waals surface area contributed by atoms with Crippen LogP contribution < -0.4 is 5.32 Å². The van der Waals surface area contributed by atoms with E-state index in [4.69, 9.17) is 4.74 Å². The Kier molecular flexibility index (Phi) is 7.30. The summed E-state index contributed by atoms with van der Waals surface area (Å²) in [7, 11) is 1.75. The fraction of sp³-hybridized carbons (Fsp3) is 0.538. The van der Waals surface area contributed by atoms with Gasteiger partial charge >= 0.3 is 0 Å². The molecule has 1 rings (SSSR count). The molecule has 1 aromatic carbocycles. The standard InChI is InChI=1S/C13H21NOS/c1-3-12(11-15-2)14-9-10-16-13-7-5-4-6-8-13/h4-8,12,14H,3,9-11H2,1-2H3. The molecule has 0 aliphatic heterocycles. The molecule has 1 aromatic rings. The van der Waals surface area contributed by atoms with Crippen LogP contribution in [-0.4, -0.2) is 32.1 Å². The van der Waals surface area contributed by atoms with Crippen LogP contribution in [-0.2, 0) is 4.74 Å². The van der Waals surface area contributed by atoms with Gasteiger partial charge in [-0.1, -0.05) is 25.1 Å². The lowest BCUT2D eigenvalue weighted by atomic mass is 10.2. The first-order valence-electron chi connectivity index (χ1n) is 5.77. The maximum atomic E-state index is 5.14. The van der Waals surface area contributed by atoms with Gasteiger partial charge in [-0.05, 0) is 18.6 Å². The maximum absolute atomic E-state index is 5.14. The Hall–Kier alpha value is -0.510. The molecule has 0 radical (unpaired) electrons. The van der Waals surface area contributed by atoms with Crippen LogP contribution in [0.5, 0.6) is 0 Å². The van der Waals surface area contributed by atoms with Crippen LogP contribution in [0.2, 0.25) is 0 Å². The second-order valence-electron chi connectivity index (χ2n) is 3.68. The summed E-state index contributed by atoms with van der Waals surface area (Å²) in [4.78, 5) is 1.34. The molecule has 0 amide bonds. The zero-order valence-electron chi connectivity index (χ0n) is 10.1. The molecule has 0 bridgehead atoms. The quantitative estimate of drug-likeness (QED) is 0.557. The highest BCUT2D eigenvalue weighted by Crippen LogP contribution is 2.15. The topological polar surface area (TPSA) is 21.3 Å². The van der Waals surface area contributed by atoms with Gasteiger partial charge in [0.1, 0.15) is 0 Å². The second kappa shape index (κ2) is 8.62. The Morgan fingerprint density at radius 2 is 2.06 bits per heavy atom. The number of benzene rings is 1. The van der Waals surface area contributed by atoms with Crippen molar-refractivity contribution in [1.82, 2.24) is 5.32 Å². The lowest BCUT2D eigenvalue weighted by Crippen LogP contribution is -2.34. The first-order chi connectivity index (χ1) is 7.86. The molecular formula is C13H21NOS. The van der Waals surface area contributed by atoms with E-state index in [0.717, 1.165) is 25.3 Å². The molecule has 0 aliphatic rings. The number of hydrogen-bond acceptors (Lipinski definition) is 3. The third-order valence-electron chi connectivity index (χ3n) is 2.41. The highest BCUT2D eigenvalue weighted by Gasteiger charge is 2.03. The number of ether oxygens (including phenoxy) is 1. The van der Waals surface area contributed by atoms with Crippen molar-refractivity contribution in [3.63, 3.8) is 0 Å². The van der Waals surface area contributed by atoms with Crippen molar-refractivity contribution in [2.75, 3.05) is 26.0 Å². The molecule has 3 heteroatoms. The van der Waals surface area contributed by atoms with Crippen molar-refractivity contribution in [1.29, 1.82) is 0 Å². The highest BCUT2D eigenvalue weighted by atomic mass is 32.2. The van der Waals surface area contributed by atoms with Gasteiger partial charge in [-0.2, -0.15) is 0 Å². The summed E-state index contributed by atoms with van der Waals surface area (Å²) in [6.07, 6.45) is 1.11. The minimum atomic E-state index is 0.487. The normalized spacial score (nSPS) is 12.6. The molecule has 0 aromatic heterocycles. The van der Waals surface area contributed by atoms with Crippen LogP contribution in [0, 0.1) is 0 Å². The summed E-state index contributed by atoms with van der Waals surface area (Å²) in [5.74, 6) is 1.10. The van der Waals surface area contributed by atoms with Gasteiger partial charge in [0.15, 0.2) is 0 Å². The molecule has 0 saturated heterocycles. The minimum Gasteiger partial charge on any atom is -0.383 e. The fourth-order valence-electron chi connectivity index (χ4n) is 1.47. The van der Waals surface area contributed by atoms with Gasteiger partial charge in [-0.25, -0.2) is 0 Å². The molecule has 0 heterocycles. The van der Waals surface area contributed by atoms with E-state index in [1.165, 1.54) is 4.90 Å². The molecule has 90 valence electrons. The Morgan fingerprint density at radius 3 is 2.69 bits per heavy atom. The number of nitrogens with one attached hydrogen (secondary N) is 1. The van der Waals surface area contributed by atoms with E-state index in [9.17, 15) is 0 Å². The maximum Gasteiger partial charge on any atom is 0.0615 e. The summed E-state index contributed by atoms with van der Waals surface area (Å²) in [6.45, 7) is 4.01.